The highest BCUT2D eigenvalue weighted by atomic mass is 79.9. The van der Waals surface area contributed by atoms with Gasteiger partial charge in [0, 0.05) is 12.6 Å². The largest absolute Gasteiger partial charge is 0.324 e. The molecule has 0 saturated carbocycles. The molecule has 1 heterocycles. The van der Waals surface area contributed by atoms with Crippen molar-refractivity contribution in [3.05, 3.63) is 44.8 Å². The number of amides is 2. The quantitative estimate of drug-likeness (QED) is 0.877. The predicted molar refractivity (Wildman–Crippen MR) is 80.7 cm³/mol. The Morgan fingerprint density at radius 2 is 1.95 bits per heavy atom. The summed E-state index contributed by atoms with van der Waals surface area (Å²) < 4.78 is 14.3. The predicted octanol–water partition coefficient (Wildman–Crippen LogP) is 3.86. The molecule has 0 spiro atoms. The number of carbonyl (C=O) groups excluding carboxylic acids is 2. The number of halogens is 2. The van der Waals surface area contributed by atoms with Crippen molar-refractivity contribution in [1.29, 1.82) is 0 Å². The fourth-order valence-electron chi connectivity index (χ4n) is 1.52. The molecule has 0 aliphatic rings. The zero-order valence-corrected chi connectivity index (χ0v) is 12.8. The van der Waals surface area contributed by atoms with Crippen LogP contribution < -0.4 is 10.6 Å². The van der Waals surface area contributed by atoms with Crippen LogP contribution in [0.2, 0.25) is 0 Å². The first-order valence-electron chi connectivity index (χ1n) is 5.59. The molecule has 0 bridgehead atoms. The van der Waals surface area contributed by atoms with Crippen LogP contribution in [0.25, 0.3) is 0 Å². The van der Waals surface area contributed by atoms with Gasteiger partial charge in [0.1, 0.15) is 5.82 Å². The molecule has 0 fully saturated rings. The van der Waals surface area contributed by atoms with Crippen molar-refractivity contribution in [2.24, 2.45) is 0 Å². The van der Waals surface area contributed by atoms with Crippen LogP contribution in [0.5, 0.6) is 0 Å². The minimum Gasteiger partial charge on any atom is -0.324 e. The number of nitrogens with one attached hydrogen (secondary N) is 2. The van der Waals surface area contributed by atoms with Crippen LogP contribution in [0.4, 0.5) is 15.8 Å². The summed E-state index contributed by atoms with van der Waals surface area (Å²) in [5, 5.41) is 5.01. The molecule has 0 aliphatic carbocycles. The van der Waals surface area contributed by atoms with Crippen LogP contribution in [0.3, 0.4) is 0 Å². The van der Waals surface area contributed by atoms with E-state index in [1.807, 2.05) is 0 Å². The minimum absolute atomic E-state index is 0.0302. The summed E-state index contributed by atoms with van der Waals surface area (Å²) in [7, 11) is 0. The molecule has 2 N–H and O–H groups in total. The molecule has 0 unspecified atom stereocenters. The Morgan fingerprint density at radius 3 is 2.55 bits per heavy atom. The van der Waals surface area contributed by atoms with Crippen LogP contribution in [0.15, 0.2) is 34.1 Å². The number of hydrogen-bond acceptors (Lipinski definition) is 3. The molecule has 1 aromatic heterocycles. The van der Waals surface area contributed by atoms with Gasteiger partial charge in [-0.25, -0.2) is 4.39 Å². The van der Waals surface area contributed by atoms with Crippen molar-refractivity contribution >= 4 is 50.5 Å². The fourth-order valence-corrected chi connectivity index (χ4v) is 2.80. The molecule has 2 aromatic rings. The molecule has 2 rings (SSSR count). The second kappa shape index (κ2) is 6.15. The van der Waals surface area contributed by atoms with Crippen LogP contribution in [0, 0.1) is 5.82 Å². The van der Waals surface area contributed by atoms with E-state index >= 15 is 0 Å². The molecular weight excluding hydrogens is 347 g/mol. The summed E-state index contributed by atoms with van der Waals surface area (Å²) in [6.07, 6.45) is 0. The standard InChI is InChI=1S/C13H10BrFN2O2S/c1-7(18)16-10-6-8(2-3-9(10)15)17-13(19)11-4-5-12(14)20-11/h2-6H,1H3,(H,16,18)(H,17,19). The second-order valence-corrected chi connectivity index (χ2v) is 6.40. The smallest absolute Gasteiger partial charge is 0.265 e. The third-order valence-corrected chi connectivity index (χ3v) is 3.95. The molecule has 0 radical (unpaired) electrons. The Labute approximate surface area is 127 Å². The zero-order chi connectivity index (χ0) is 14.7. The summed E-state index contributed by atoms with van der Waals surface area (Å²) in [4.78, 5) is 23.4. The van der Waals surface area contributed by atoms with E-state index in [0.29, 0.717) is 10.6 Å². The van der Waals surface area contributed by atoms with Gasteiger partial charge in [0.05, 0.1) is 14.4 Å². The van der Waals surface area contributed by atoms with Crippen LogP contribution in [-0.4, -0.2) is 11.8 Å². The van der Waals surface area contributed by atoms with E-state index < -0.39 is 5.82 Å². The maximum absolute atomic E-state index is 13.5. The highest BCUT2D eigenvalue weighted by Crippen LogP contribution is 2.24. The second-order valence-electron chi connectivity index (χ2n) is 3.93. The number of anilines is 2. The van der Waals surface area contributed by atoms with Gasteiger partial charge in [0.15, 0.2) is 0 Å². The van der Waals surface area contributed by atoms with Gasteiger partial charge in [-0.05, 0) is 46.3 Å². The summed E-state index contributed by atoms with van der Waals surface area (Å²) >= 11 is 4.57. The summed E-state index contributed by atoms with van der Waals surface area (Å²) in [5.41, 5.74) is 0.437. The lowest BCUT2D eigenvalue weighted by atomic mass is 10.2. The highest BCUT2D eigenvalue weighted by molar-refractivity contribution is 9.11. The van der Waals surface area contributed by atoms with Crippen LogP contribution in [0.1, 0.15) is 16.6 Å². The lowest BCUT2D eigenvalue weighted by molar-refractivity contribution is -0.114. The molecule has 20 heavy (non-hydrogen) atoms. The lowest BCUT2D eigenvalue weighted by Gasteiger charge is -2.08. The number of hydrogen-bond donors (Lipinski definition) is 2. The highest BCUT2D eigenvalue weighted by Gasteiger charge is 2.11. The van der Waals surface area contributed by atoms with Crippen molar-refractivity contribution < 1.29 is 14.0 Å². The van der Waals surface area contributed by atoms with Gasteiger partial charge in [0.2, 0.25) is 5.91 Å². The SMILES string of the molecule is CC(=O)Nc1cc(NC(=O)c2ccc(Br)s2)ccc1F. The van der Waals surface area contributed by atoms with Gasteiger partial charge in [-0.1, -0.05) is 0 Å². The Hall–Kier alpha value is -1.73. The van der Waals surface area contributed by atoms with Crippen molar-refractivity contribution in [3.63, 3.8) is 0 Å². The van der Waals surface area contributed by atoms with Crippen LogP contribution in [-0.2, 0) is 4.79 Å². The Morgan fingerprint density at radius 1 is 1.20 bits per heavy atom. The van der Waals surface area contributed by atoms with E-state index in [9.17, 15) is 14.0 Å². The average Bonchev–Trinajstić information content (AvgIpc) is 2.79. The summed E-state index contributed by atoms with van der Waals surface area (Å²) in [5.74, 6) is -1.23. The first-order chi connectivity index (χ1) is 9.45. The lowest BCUT2D eigenvalue weighted by Crippen LogP contribution is -2.12. The monoisotopic (exact) mass is 356 g/mol. The van der Waals surface area contributed by atoms with Crippen molar-refractivity contribution in [1.82, 2.24) is 0 Å². The normalized spacial score (nSPS) is 10.2. The van der Waals surface area contributed by atoms with Gasteiger partial charge in [0.25, 0.3) is 5.91 Å². The van der Waals surface area contributed by atoms with Crippen LogP contribution >= 0.6 is 27.3 Å². The molecule has 0 atom stereocenters. The van der Waals surface area contributed by atoms with E-state index in [1.165, 1.54) is 36.5 Å². The third-order valence-electron chi connectivity index (χ3n) is 2.33. The van der Waals surface area contributed by atoms with E-state index in [1.54, 1.807) is 12.1 Å². The van der Waals surface area contributed by atoms with Crippen molar-refractivity contribution in [2.75, 3.05) is 10.6 Å². The van der Waals surface area contributed by atoms with Gasteiger partial charge < -0.3 is 10.6 Å². The van der Waals surface area contributed by atoms with E-state index in [4.69, 9.17) is 0 Å². The number of thiophene rings is 1. The van der Waals surface area contributed by atoms with Crippen molar-refractivity contribution in [2.45, 2.75) is 6.92 Å². The Bertz CT molecular complexity index is 672. The van der Waals surface area contributed by atoms with E-state index in [0.717, 1.165) is 3.79 Å². The molecule has 4 nitrogen and oxygen atoms in total. The average molecular weight is 357 g/mol. The molecule has 7 heteroatoms. The Kier molecular flexibility index (Phi) is 4.51. The fraction of sp³-hybridized carbons (Fsp3) is 0.0769. The number of rotatable bonds is 3. The molecule has 1 aromatic carbocycles. The van der Waals surface area contributed by atoms with Gasteiger partial charge >= 0.3 is 0 Å². The molecule has 104 valence electrons. The first-order valence-corrected chi connectivity index (χ1v) is 7.20. The maximum Gasteiger partial charge on any atom is 0.265 e. The minimum atomic E-state index is -0.558. The third kappa shape index (κ3) is 3.64. The van der Waals surface area contributed by atoms with Gasteiger partial charge in [-0.15, -0.1) is 11.3 Å². The van der Waals surface area contributed by atoms with Gasteiger partial charge in [-0.3, -0.25) is 9.59 Å². The summed E-state index contributed by atoms with van der Waals surface area (Å²) in [6, 6.07) is 7.44. The molecule has 0 aliphatic heterocycles. The van der Waals surface area contributed by atoms with Gasteiger partial charge in [-0.2, -0.15) is 0 Å². The molecule has 0 saturated heterocycles. The topological polar surface area (TPSA) is 58.2 Å². The van der Waals surface area contributed by atoms with E-state index in [-0.39, 0.29) is 17.5 Å². The maximum atomic E-state index is 13.5. The van der Waals surface area contributed by atoms with E-state index in [2.05, 4.69) is 26.6 Å². The Balaban J connectivity index is 2.17. The summed E-state index contributed by atoms with van der Waals surface area (Å²) in [6.45, 7) is 1.29. The molecule has 2 amide bonds. The number of carbonyl (C=O) groups is 2. The molecular formula is C13H10BrFN2O2S. The number of benzene rings is 1. The zero-order valence-electron chi connectivity index (χ0n) is 10.4. The van der Waals surface area contributed by atoms with Crippen molar-refractivity contribution in [3.8, 4) is 0 Å². The first kappa shape index (κ1) is 14.7.